The Labute approximate surface area is 104 Å². The molecule has 0 spiro atoms. The van der Waals surface area contributed by atoms with E-state index >= 15 is 0 Å². The molecule has 0 aliphatic rings. The Morgan fingerprint density at radius 3 is 2.83 bits per heavy atom. The Morgan fingerprint density at radius 2 is 2.22 bits per heavy atom. The molecule has 1 aromatic carbocycles. The van der Waals surface area contributed by atoms with Gasteiger partial charge < -0.3 is 5.11 Å². The van der Waals surface area contributed by atoms with Crippen molar-refractivity contribution in [2.75, 3.05) is 0 Å². The summed E-state index contributed by atoms with van der Waals surface area (Å²) in [7, 11) is 1.74. The molecular formula is C13H13FN2O2. The van der Waals surface area contributed by atoms with Crippen molar-refractivity contribution in [3.05, 3.63) is 41.5 Å². The number of benzene rings is 1. The molecule has 1 heterocycles. The third-order valence-electron chi connectivity index (χ3n) is 2.84. The fourth-order valence-electron chi connectivity index (χ4n) is 1.96. The number of halogens is 1. The molecular weight excluding hydrogens is 235 g/mol. The Hall–Kier alpha value is -2.17. The first-order valence-corrected chi connectivity index (χ1v) is 5.49. The number of hydrogen-bond acceptors (Lipinski definition) is 2. The van der Waals surface area contributed by atoms with Crippen molar-refractivity contribution in [1.82, 2.24) is 9.78 Å². The Balaban J connectivity index is 2.58. The lowest BCUT2D eigenvalue weighted by atomic mass is 10.0. The van der Waals surface area contributed by atoms with Gasteiger partial charge in [0.15, 0.2) is 0 Å². The SMILES string of the molecule is Cc1c(-c2cccc(F)c2)c(CC(=O)O)nn1C. The lowest BCUT2D eigenvalue weighted by Gasteiger charge is -2.03. The molecule has 0 fully saturated rings. The number of aliphatic carboxylic acids is 1. The first-order valence-electron chi connectivity index (χ1n) is 5.49. The third-order valence-corrected chi connectivity index (χ3v) is 2.84. The molecule has 0 atom stereocenters. The van der Waals surface area contributed by atoms with Crippen molar-refractivity contribution in [1.29, 1.82) is 0 Å². The molecule has 94 valence electrons. The van der Waals surface area contributed by atoms with Gasteiger partial charge in [-0.2, -0.15) is 5.10 Å². The maximum absolute atomic E-state index is 13.2. The van der Waals surface area contributed by atoms with E-state index in [1.165, 1.54) is 12.1 Å². The highest BCUT2D eigenvalue weighted by Gasteiger charge is 2.17. The number of carboxylic acids is 1. The average Bonchev–Trinajstić information content (AvgIpc) is 2.53. The van der Waals surface area contributed by atoms with E-state index in [0.29, 0.717) is 16.8 Å². The zero-order valence-corrected chi connectivity index (χ0v) is 10.1. The van der Waals surface area contributed by atoms with Crippen LogP contribution in [-0.2, 0) is 18.3 Å². The zero-order chi connectivity index (χ0) is 13.3. The van der Waals surface area contributed by atoms with Crippen LogP contribution >= 0.6 is 0 Å². The molecule has 0 aliphatic heterocycles. The highest BCUT2D eigenvalue weighted by molar-refractivity contribution is 5.76. The number of aromatic nitrogens is 2. The van der Waals surface area contributed by atoms with E-state index in [1.54, 1.807) is 23.9 Å². The van der Waals surface area contributed by atoms with Crippen LogP contribution < -0.4 is 0 Å². The van der Waals surface area contributed by atoms with Crippen LogP contribution in [0.25, 0.3) is 11.1 Å². The fourth-order valence-corrected chi connectivity index (χ4v) is 1.96. The van der Waals surface area contributed by atoms with Gasteiger partial charge in [-0.05, 0) is 24.6 Å². The Bertz CT molecular complexity index is 605. The minimum absolute atomic E-state index is 0.173. The minimum Gasteiger partial charge on any atom is -0.481 e. The summed E-state index contributed by atoms with van der Waals surface area (Å²) in [5, 5.41) is 13.0. The van der Waals surface area contributed by atoms with Crippen LogP contribution in [0.1, 0.15) is 11.4 Å². The lowest BCUT2D eigenvalue weighted by Crippen LogP contribution is -2.02. The predicted molar refractivity (Wildman–Crippen MR) is 64.7 cm³/mol. The number of nitrogens with zero attached hydrogens (tertiary/aromatic N) is 2. The second-order valence-corrected chi connectivity index (χ2v) is 4.11. The molecule has 0 saturated heterocycles. The second-order valence-electron chi connectivity index (χ2n) is 4.11. The molecule has 0 unspecified atom stereocenters. The van der Waals surface area contributed by atoms with E-state index in [1.807, 2.05) is 6.92 Å². The first kappa shape index (κ1) is 12.3. The predicted octanol–water partition coefficient (Wildman–Crippen LogP) is 2.16. The van der Waals surface area contributed by atoms with Crippen LogP contribution in [0.15, 0.2) is 24.3 Å². The number of aryl methyl sites for hydroxylation is 1. The molecule has 0 amide bonds. The van der Waals surface area contributed by atoms with E-state index < -0.39 is 5.97 Å². The summed E-state index contributed by atoms with van der Waals surface area (Å²) in [4.78, 5) is 10.8. The topological polar surface area (TPSA) is 55.1 Å². The molecule has 0 bridgehead atoms. The van der Waals surface area contributed by atoms with Gasteiger partial charge in [0.2, 0.25) is 0 Å². The van der Waals surface area contributed by atoms with Crippen LogP contribution in [-0.4, -0.2) is 20.9 Å². The van der Waals surface area contributed by atoms with Crippen LogP contribution in [0.2, 0.25) is 0 Å². The Morgan fingerprint density at radius 1 is 1.50 bits per heavy atom. The van der Waals surface area contributed by atoms with Crippen molar-refractivity contribution in [2.45, 2.75) is 13.3 Å². The molecule has 1 aromatic heterocycles. The van der Waals surface area contributed by atoms with Crippen molar-refractivity contribution in [3.8, 4) is 11.1 Å². The van der Waals surface area contributed by atoms with Gasteiger partial charge >= 0.3 is 5.97 Å². The standard InChI is InChI=1S/C13H13FN2O2/c1-8-13(9-4-3-5-10(14)6-9)11(7-12(17)18)15-16(8)2/h3-6H,7H2,1-2H3,(H,17,18). The Kier molecular flexibility index (Phi) is 3.14. The summed E-state index contributed by atoms with van der Waals surface area (Å²) in [5.74, 6) is -1.30. The van der Waals surface area contributed by atoms with Crippen LogP contribution in [0.4, 0.5) is 4.39 Å². The van der Waals surface area contributed by atoms with Gasteiger partial charge in [0.1, 0.15) is 5.82 Å². The highest BCUT2D eigenvalue weighted by atomic mass is 19.1. The number of rotatable bonds is 3. The normalized spacial score (nSPS) is 10.6. The van der Waals surface area contributed by atoms with E-state index in [2.05, 4.69) is 5.10 Å². The molecule has 0 aliphatic carbocycles. The summed E-state index contributed by atoms with van der Waals surface area (Å²) in [6, 6.07) is 6.08. The maximum atomic E-state index is 13.2. The summed E-state index contributed by atoms with van der Waals surface area (Å²) >= 11 is 0. The molecule has 4 nitrogen and oxygen atoms in total. The average molecular weight is 248 g/mol. The highest BCUT2D eigenvalue weighted by Crippen LogP contribution is 2.27. The van der Waals surface area contributed by atoms with E-state index in [4.69, 9.17) is 5.11 Å². The van der Waals surface area contributed by atoms with Gasteiger partial charge in [-0.3, -0.25) is 9.48 Å². The monoisotopic (exact) mass is 248 g/mol. The van der Waals surface area contributed by atoms with Gasteiger partial charge in [0.05, 0.1) is 12.1 Å². The lowest BCUT2D eigenvalue weighted by molar-refractivity contribution is -0.136. The van der Waals surface area contributed by atoms with Gasteiger partial charge in [0, 0.05) is 18.3 Å². The van der Waals surface area contributed by atoms with Crippen LogP contribution in [0.5, 0.6) is 0 Å². The molecule has 1 N–H and O–H groups in total. The van der Waals surface area contributed by atoms with Crippen LogP contribution in [0, 0.1) is 12.7 Å². The first-order chi connectivity index (χ1) is 8.49. The maximum Gasteiger partial charge on any atom is 0.309 e. The van der Waals surface area contributed by atoms with Gasteiger partial charge in [-0.25, -0.2) is 4.39 Å². The number of carboxylic acid groups (broad SMARTS) is 1. The van der Waals surface area contributed by atoms with E-state index in [9.17, 15) is 9.18 Å². The van der Waals surface area contributed by atoms with Crippen molar-refractivity contribution < 1.29 is 14.3 Å². The molecule has 2 rings (SSSR count). The molecule has 18 heavy (non-hydrogen) atoms. The fraction of sp³-hybridized carbons (Fsp3) is 0.231. The van der Waals surface area contributed by atoms with Crippen molar-refractivity contribution in [2.24, 2.45) is 7.05 Å². The summed E-state index contributed by atoms with van der Waals surface area (Å²) in [6.07, 6.45) is -0.173. The summed E-state index contributed by atoms with van der Waals surface area (Å²) in [6.45, 7) is 1.83. The van der Waals surface area contributed by atoms with Gasteiger partial charge in [-0.1, -0.05) is 12.1 Å². The minimum atomic E-state index is -0.953. The van der Waals surface area contributed by atoms with Crippen molar-refractivity contribution in [3.63, 3.8) is 0 Å². The van der Waals surface area contributed by atoms with Crippen LogP contribution in [0.3, 0.4) is 0 Å². The smallest absolute Gasteiger partial charge is 0.309 e. The molecule has 5 heteroatoms. The molecule has 0 saturated carbocycles. The van der Waals surface area contributed by atoms with E-state index in [-0.39, 0.29) is 12.2 Å². The van der Waals surface area contributed by atoms with Gasteiger partial charge in [-0.15, -0.1) is 0 Å². The number of hydrogen-bond donors (Lipinski definition) is 1. The summed E-state index contributed by atoms with van der Waals surface area (Å²) < 4.78 is 14.9. The number of carbonyl (C=O) groups is 1. The summed E-state index contributed by atoms with van der Waals surface area (Å²) in [5.41, 5.74) is 2.61. The third kappa shape index (κ3) is 2.25. The van der Waals surface area contributed by atoms with Gasteiger partial charge in [0.25, 0.3) is 0 Å². The zero-order valence-electron chi connectivity index (χ0n) is 10.1. The largest absolute Gasteiger partial charge is 0.481 e. The van der Waals surface area contributed by atoms with Crippen molar-refractivity contribution >= 4 is 5.97 Å². The molecule has 0 radical (unpaired) electrons. The quantitative estimate of drug-likeness (QED) is 0.905. The molecule has 2 aromatic rings. The van der Waals surface area contributed by atoms with E-state index in [0.717, 1.165) is 5.69 Å². The second kappa shape index (κ2) is 4.60.